The van der Waals surface area contributed by atoms with Crippen molar-refractivity contribution in [1.82, 2.24) is 10.3 Å². The van der Waals surface area contributed by atoms with Crippen molar-refractivity contribution in [2.75, 3.05) is 4.90 Å². The highest BCUT2D eigenvalue weighted by molar-refractivity contribution is 6.23. The number of anilines is 1. The second-order valence-electron chi connectivity index (χ2n) is 7.87. The van der Waals surface area contributed by atoms with Crippen LogP contribution in [0.25, 0.3) is 0 Å². The SMILES string of the molecule is CC1(Cc2ccnc(C(=O)Oc3ccccc3)c2)NC(=O)N(c2ccc(OC(F)(F)F)cc2)C1=O. The van der Waals surface area contributed by atoms with Crippen LogP contribution in [0.2, 0.25) is 0 Å². The van der Waals surface area contributed by atoms with Gasteiger partial charge in [0.1, 0.15) is 22.7 Å². The quantitative estimate of drug-likeness (QED) is 0.318. The number of esters is 1. The number of nitrogens with zero attached hydrogens (tertiary/aromatic N) is 2. The highest BCUT2D eigenvalue weighted by Crippen LogP contribution is 2.30. The van der Waals surface area contributed by atoms with E-state index < -0.39 is 35.6 Å². The maximum absolute atomic E-state index is 13.1. The van der Waals surface area contributed by atoms with Gasteiger partial charge >= 0.3 is 18.4 Å². The predicted octanol–water partition coefficient (Wildman–Crippen LogP) is 4.26. The molecule has 2 aromatic carbocycles. The second kappa shape index (κ2) is 9.09. The molecule has 0 aliphatic carbocycles. The number of benzene rings is 2. The summed E-state index contributed by atoms with van der Waals surface area (Å²) in [4.78, 5) is 43.0. The Hall–Kier alpha value is -4.41. The summed E-state index contributed by atoms with van der Waals surface area (Å²) in [5.41, 5.74) is -0.747. The lowest BCUT2D eigenvalue weighted by Gasteiger charge is -2.22. The zero-order valence-corrected chi connectivity index (χ0v) is 18.2. The molecule has 1 N–H and O–H groups in total. The van der Waals surface area contributed by atoms with E-state index >= 15 is 0 Å². The fourth-order valence-electron chi connectivity index (χ4n) is 3.59. The first-order chi connectivity index (χ1) is 16.5. The Labute approximate surface area is 197 Å². The zero-order valence-electron chi connectivity index (χ0n) is 18.2. The summed E-state index contributed by atoms with van der Waals surface area (Å²) in [7, 11) is 0. The average Bonchev–Trinajstić information content (AvgIpc) is 3.02. The molecule has 1 atom stereocenters. The third-order valence-corrected chi connectivity index (χ3v) is 5.13. The highest BCUT2D eigenvalue weighted by atomic mass is 19.4. The molecule has 35 heavy (non-hydrogen) atoms. The lowest BCUT2D eigenvalue weighted by Crippen LogP contribution is -2.46. The molecule has 11 heteroatoms. The number of ether oxygens (including phenoxy) is 2. The van der Waals surface area contributed by atoms with Gasteiger partial charge in [-0.25, -0.2) is 19.5 Å². The average molecular weight is 485 g/mol. The van der Waals surface area contributed by atoms with Crippen LogP contribution >= 0.6 is 0 Å². The molecular formula is C24H18F3N3O5. The smallest absolute Gasteiger partial charge is 0.422 e. The van der Waals surface area contributed by atoms with E-state index in [0.717, 1.165) is 17.0 Å². The van der Waals surface area contributed by atoms with E-state index in [1.807, 2.05) is 0 Å². The van der Waals surface area contributed by atoms with E-state index in [1.165, 1.54) is 31.3 Å². The maximum Gasteiger partial charge on any atom is 0.573 e. The van der Waals surface area contributed by atoms with Crippen LogP contribution in [0.15, 0.2) is 72.9 Å². The van der Waals surface area contributed by atoms with Gasteiger partial charge in [-0.3, -0.25) is 4.79 Å². The predicted molar refractivity (Wildman–Crippen MR) is 117 cm³/mol. The fraction of sp³-hybridized carbons (Fsp3) is 0.167. The zero-order chi connectivity index (χ0) is 25.2. The lowest BCUT2D eigenvalue weighted by molar-refractivity contribution is -0.274. The molecule has 180 valence electrons. The molecule has 8 nitrogen and oxygen atoms in total. The number of hydrogen-bond donors (Lipinski definition) is 1. The molecule has 4 rings (SSSR count). The number of pyridine rings is 1. The van der Waals surface area contributed by atoms with Crippen LogP contribution in [0.5, 0.6) is 11.5 Å². The summed E-state index contributed by atoms with van der Waals surface area (Å²) in [5, 5.41) is 2.61. The summed E-state index contributed by atoms with van der Waals surface area (Å²) in [6.07, 6.45) is -3.45. The van der Waals surface area contributed by atoms with Crippen molar-refractivity contribution < 1.29 is 37.0 Å². The van der Waals surface area contributed by atoms with E-state index in [0.29, 0.717) is 11.3 Å². The van der Waals surface area contributed by atoms with Crippen molar-refractivity contribution in [2.45, 2.75) is 25.2 Å². The van der Waals surface area contributed by atoms with E-state index in [4.69, 9.17) is 4.74 Å². The van der Waals surface area contributed by atoms with Gasteiger partial charge in [-0.1, -0.05) is 18.2 Å². The standard InChI is InChI=1S/C24H18F3N3O5/c1-23(14-15-11-12-28-19(13-15)20(31)34-17-5-3-2-4-6-17)21(32)30(22(33)29-23)16-7-9-18(10-8-16)35-24(25,26)27/h2-13H,14H2,1H3,(H,29,33). The monoisotopic (exact) mass is 485 g/mol. The first-order valence-corrected chi connectivity index (χ1v) is 10.3. The number of halogens is 3. The summed E-state index contributed by atoms with van der Waals surface area (Å²) >= 11 is 0. The molecule has 0 bridgehead atoms. The Morgan fingerprint density at radius 1 is 1.03 bits per heavy atom. The van der Waals surface area contributed by atoms with Gasteiger partial charge in [-0.05, 0) is 61.0 Å². The summed E-state index contributed by atoms with van der Waals surface area (Å²) in [5.74, 6) is -1.44. The van der Waals surface area contributed by atoms with Crippen LogP contribution in [-0.2, 0) is 11.2 Å². The molecule has 0 saturated carbocycles. The number of nitrogens with one attached hydrogen (secondary N) is 1. The number of rotatable bonds is 6. The van der Waals surface area contributed by atoms with Crippen molar-refractivity contribution in [1.29, 1.82) is 0 Å². The number of amides is 3. The third kappa shape index (κ3) is 5.40. The Morgan fingerprint density at radius 2 is 1.71 bits per heavy atom. The molecule has 1 aromatic heterocycles. The van der Waals surface area contributed by atoms with E-state index in [1.54, 1.807) is 36.4 Å². The molecule has 1 aliphatic heterocycles. The summed E-state index contributed by atoms with van der Waals surface area (Å²) < 4.78 is 46.2. The normalized spacial score (nSPS) is 17.8. The molecule has 1 aliphatic rings. The number of alkyl halides is 3. The Bertz CT molecular complexity index is 1270. The molecule has 2 heterocycles. The number of carbonyl (C=O) groups excluding carboxylic acids is 3. The Morgan fingerprint density at radius 3 is 2.37 bits per heavy atom. The van der Waals surface area contributed by atoms with Gasteiger partial charge in [-0.2, -0.15) is 0 Å². The van der Waals surface area contributed by atoms with Gasteiger partial charge < -0.3 is 14.8 Å². The molecule has 3 aromatic rings. The molecule has 1 saturated heterocycles. The largest absolute Gasteiger partial charge is 0.573 e. The Balaban J connectivity index is 1.49. The van der Waals surface area contributed by atoms with Crippen molar-refractivity contribution in [3.63, 3.8) is 0 Å². The van der Waals surface area contributed by atoms with Crippen molar-refractivity contribution in [2.24, 2.45) is 0 Å². The van der Waals surface area contributed by atoms with Gasteiger partial charge in [0.25, 0.3) is 5.91 Å². The van der Waals surface area contributed by atoms with Crippen molar-refractivity contribution >= 4 is 23.6 Å². The van der Waals surface area contributed by atoms with Crippen LogP contribution in [0, 0.1) is 0 Å². The lowest BCUT2D eigenvalue weighted by atomic mass is 9.93. The van der Waals surface area contributed by atoms with Gasteiger partial charge in [0.2, 0.25) is 0 Å². The number of imide groups is 1. The summed E-state index contributed by atoms with van der Waals surface area (Å²) in [6.45, 7) is 1.51. The second-order valence-corrected chi connectivity index (χ2v) is 7.87. The minimum Gasteiger partial charge on any atom is -0.422 e. The van der Waals surface area contributed by atoms with Crippen molar-refractivity contribution in [3.8, 4) is 11.5 Å². The third-order valence-electron chi connectivity index (χ3n) is 5.13. The van der Waals surface area contributed by atoms with Gasteiger partial charge in [0.15, 0.2) is 0 Å². The van der Waals surface area contributed by atoms with Crippen LogP contribution in [0.3, 0.4) is 0 Å². The number of hydrogen-bond acceptors (Lipinski definition) is 6. The van der Waals surface area contributed by atoms with E-state index in [9.17, 15) is 27.6 Å². The number of aromatic nitrogens is 1. The maximum atomic E-state index is 13.1. The van der Waals surface area contributed by atoms with Gasteiger partial charge in [-0.15, -0.1) is 13.2 Å². The number of para-hydroxylation sites is 1. The molecule has 3 amide bonds. The Kier molecular flexibility index (Phi) is 6.16. The molecule has 0 spiro atoms. The summed E-state index contributed by atoms with van der Waals surface area (Å²) in [6, 6.07) is 15.1. The minimum absolute atomic E-state index is 0.0174. The first kappa shape index (κ1) is 23.7. The first-order valence-electron chi connectivity index (χ1n) is 10.3. The van der Waals surface area contributed by atoms with Crippen LogP contribution < -0.4 is 19.7 Å². The highest BCUT2D eigenvalue weighted by Gasteiger charge is 2.48. The topological polar surface area (TPSA) is 97.8 Å². The molecule has 1 fully saturated rings. The fourth-order valence-corrected chi connectivity index (χ4v) is 3.59. The van der Waals surface area contributed by atoms with E-state index in [-0.39, 0.29) is 17.8 Å². The van der Waals surface area contributed by atoms with E-state index in [2.05, 4.69) is 15.0 Å². The van der Waals surface area contributed by atoms with Crippen LogP contribution in [-0.4, -0.2) is 34.8 Å². The van der Waals surface area contributed by atoms with Crippen LogP contribution in [0.4, 0.5) is 23.7 Å². The molecule has 1 unspecified atom stereocenters. The van der Waals surface area contributed by atoms with Crippen molar-refractivity contribution in [3.05, 3.63) is 84.2 Å². The van der Waals surface area contributed by atoms with Gasteiger partial charge in [0, 0.05) is 12.6 Å². The minimum atomic E-state index is -4.86. The number of carbonyl (C=O) groups is 3. The molecular weight excluding hydrogens is 467 g/mol. The van der Waals surface area contributed by atoms with Crippen LogP contribution in [0.1, 0.15) is 23.0 Å². The van der Waals surface area contributed by atoms with Gasteiger partial charge in [0.05, 0.1) is 5.69 Å². The molecule has 0 radical (unpaired) electrons. The number of urea groups is 1.